The van der Waals surface area contributed by atoms with E-state index in [0.717, 1.165) is 33.5 Å². The van der Waals surface area contributed by atoms with Crippen LogP contribution in [-0.4, -0.2) is 29.4 Å². The average Bonchev–Trinajstić information content (AvgIpc) is 3.26. The van der Waals surface area contributed by atoms with E-state index in [0.29, 0.717) is 10.8 Å². The fourth-order valence-electron chi connectivity index (χ4n) is 3.03. The minimum atomic E-state index is 0.677. The molecule has 126 valence electrons. The number of hydrogen-bond donors (Lipinski definition) is 0. The lowest BCUT2D eigenvalue weighted by molar-refractivity contribution is 0.882. The molecule has 7 heteroatoms. The zero-order chi connectivity index (χ0) is 17.7. The monoisotopic (exact) mass is 360 g/mol. The Bertz CT molecular complexity index is 1250. The van der Waals surface area contributed by atoms with Gasteiger partial charge >= 0.3 is 0 Å². The van der Waals surface area contributed by atoms with E-state index in [2.05, 4.69) is 15.2 Å². The Hall–Kier alpha value is -3.25. The first kappa shape index (κ1) is 15.0. The number of rotatable bonds is 2. The maximum absolute atomic E-state index is 5.98. The van der Waals surface area contributed by atoms with Gasteiger partial charge in [0.15, 0.2) is 17.1 Å². The number of aromatic nitrogens is 6. The van der Waals surface area contributed by atoms with Gasteiger partial charge in [-0.25, -0.2) is 19.2 Å². The van der Waals surface area contributed by atoms with Crippen LogP contribution in [0.4, 0.5) is 0 Å². The van der Waals surface area contributed by atoms with Gasteiger partial charge in [0.25, 0.3) is 0 Å². The zero-order valence-electron chi connectivity index (χ0n) is 13.8. The van der Waals surface area contributed by atoms with E-state index in [9.17, 15) is 0 Å². The van der Waals surface area contributed by atoms with Gasteiger partial charge in [-0.3, -0.25) is 0 Å². The van der Waals surface area contributed by atoms with Crippen molar-refractivity contribution >= 4 is 28.3 Å². The van der Waals surface area contributed by atoms with Crippen LogP contribution in [-0.2, 0) is 0 Å². The number of fused-ring (bicyclic) bond motifs is 3. The second-order valence-electron chi connectivity index (χ2n) is 6.03. The molecule has 0 atom stereocenters. The number of hydrogen-bond acceptors (Lipinski definition) is 4. The molecule has 5 rings (SSSR count). The predicted octanol–water partition coefficient (Wildman–Crippen LogP) is 4.09. The summed E-state index contributed by atoms with van der Waals surface area (Å²) >= 11 is 5.98. The normalized spacial score (nSPS) is 11.5. The second kappa shape index (κ2) is 5.64. The van der Waals surface area contributed by atoms with Crippen molar-refractivity contribution in [2.24, 2.45) is 0 Å². The Morgan fingerprint density at radius 1 is 0.962 bits per heavy atom. The summed E-state index contributed by atoms with van der Waals surface area (Å²) < 4.78 is 3.46. The van der Waals surface area contributed by atoms with Crippen LogP contribution < -0.4 is 0 Å². The van der Waals surface area contributed by atoms with Gasteiger partial charge < -0.3 is 0 Å². The molecule has 6 nitrogen and oxygen atoms in total. The van der Waals surface area contributed by atoms with Crippen LogP contribution >= 0.6 is 11.6 Å². The summed E-state index contributed by atoms with van der Waals surface area (Å²) in [5.41, 5.74) is 4.48. The van der Waals surface area contributed by atoms with Crippen LogP contribution in [0.3, 0.4) is 0 Å². The molecule has 3 aromatic heterocycles. The smallest absolute Gasteiger partial charge is 0.182 e. The molecule has 3 heterocycles. The maximum atomic E-state index is 5.98. The predicted molar refractivity (Wildman–Crippen MR) is 101 cm³/mol. The van der Waals surface area contributed by atoms with Gasteiger partial charge in [-0.15, -0.1) is 5.10 Å². The third-order valence-electron chi connectivity index (χ3n) is 4.36. The molecule has 0 unspecified atom stereocenters. The van der Waals surface area contributed by atoms with Crippen molar-refractivity contribution in [3.8, 4) is 17.1 Å². The largest absolute Gasteiger partial charge is 0.216 e. The van der Waals surface area contributed by atoms with Crippen LogP contribution in [0.25, 0.3) is 33.8 Å². The lowest BCUT2D eigenvalue weighted by Crippen LogP contribution is -1.98. The standard InChI is InChI=1S/C19H13ClN6/c1-12-4-2-3-5-15(12)17-23-19-16-10-22-26(14-8-6-13(20)7-9-14)18(16)21-11-25(19)24-17/h2-11H,1H3. The summed E-state index contributed by atoms with van der Waals surface area (Å²) in [4.78, 5) is 9.26. The third kappa shape index (κ3) is 2.27. The summed E-state index contributed by atoms with van der Waals surface area (Å²) in [6.45, 7) is 2.05. The summed E-state index contributed by atoms with van der Waals surface area (Å²) in [7, 11) is 0. The first-order chi connectivity index (χ1) is 12.7. The van der Waals surface area contributed by atoms with Gasteiger partial charge in [0.1, 0.15) is 6.33 Å². The summed E-state index contributed by atoms with van der Waals surface area (Å²) in [5, 5.41) is 10.6. The van der Waals surface area contributed by atoms with Gasteiger partial charge in [-0.2, -0.15) is 5.10 Å². The van der Waals surface area contributed by atoms with E-state index in [1.165, 1.54) is 0 Å². The van der Waals surface area contributed by atoms with Crippen molar-refractivity contribution < 1.29 is 0 Å². The first-order valence-electron chi connectivity index (χ1n) is 8.12. The topological polar surface area (TPSA) is 60.9 Å². The fourth-order valence-corrected chi connectivity index (χ4v) is 3.16. The van der Waals surface area contributed by atoms with E-state index in [4.69, 9.17) is 16.6 Å². The van der Waals surface area contributed by atoms with Crippen molar-refractivity contribution in [2.75, 3.05) is 0 Å². The molecule has 0 amide bonds. The second-order valence-corrected chi connectivity index (χ2v) is 6.47. The van der Waals surface area contributed by atoms with Gasteiger partial charge in [0.2, 0.25) is 0 Å². The minimum absolute atomic E-state index is 0.677. The molecule has 0 spiro atoms. The van der Waals surface area contributed by atoms with Crippen molar-refractivity contribution in [1.29, 1.82) is 0 Å². The maximum Gasteiger partial charge on any atom is 0.182 e. The van der Waals surface area contributed by atoms with Crippen LogP contribution in [0.5, 0.6) is 0 Å². The molecular formula is C19H13ClN6. The fraction of sp³-hybridized carbons (Fsp3) is 0.0526. The molecule has 0 radical (unpaired) electrons. The molecule has 26 heavy (non-hydrogen) atoms. The molecule has 0 aliphatic rings. The molecule has 0 aliphatic carbocycles. The lowest BCUT2D eigenvalue weighted by atomic mass is 10.1. The summed E-state index contributed by atoms with van der Waals surface area (Å²) in [6, 6.07) is 15.5. The molecular weight excluding hydrogens is 348 g/mol. The van der Waals surface area contributed by atoms with Crippen molar-refractivity contribution in [3.63, 3.8) is 0 Å². The van der Waals surface area contributed by atoms with Crippen molar-refractivity contribution in [1.82, 2.24) is 29.4 Å². The number of aryl methyl sites for hydroxylation is 1. The van der Waals surface area contributed by atoms with Crippen molar-refractivity contribution in [2.45, 2.75) is 6.92 Å². The van der Waals surface area contributed by atoms with E-state index in [1.54, 1.807) is 21.7 Å². The van der Waals surface area contributed by atoms with Crippen LogP contribution in [0.1, 0.15) is 5.56 Å². The van der Waals surface area contributed by atoms with Crippen LogP contribution in [0, 0.1) is 6.92 Å². The Labute approximate surface area is 153 Å². The van der Waals surface area contributed by atoms with E-state index >= 15 is 0 Å². The first-order valence-corrected chi connectivity index (χ1v) is 8.49. The van der Waals surface area contributed by atoms with E-state index in [-0.39, 0.29) is 0 Å². The molecule has 0 aliphatic heterocycles. The minimum Gasteiger partial charge on any atom is -0.216 e. The highest BCUT2D eigenvalue weighted by atomic mass is 35.5. The average molecular weight is 361 g/mol. The molecule has 0 fully saturated rings. The highest BCUT2D eigenvalue weighted by molar-refractivity contribution is 6.30. The summed E-state index contributed by atoms with van der Waals surface area (Å²) in [5.74, 6) is 0.677. The SMILES string of the molecule is Cc1ccccc1-c1nc2c3cnn(-c4ccc(Cl)cc4)c3ncn2n1. The molecule has 0 saturated carbocycles. The Morgan fingerprint density at radius 3 is 2.58 bits per heavy atom. The Kier molecular flexibility index (Phi) is 3.26. The third-order valence-corrected chi connectivity index (χ3v) is 4.61. The quantitative estimate of drug-likeness (QED) is 0.475. The number of benzene rings is 2. The zero-order valence-corrected chi connectivity index (χ0v) is 14.6. The molecule has 0 bridgehead atoms. The van der Waals surface area contributed by atoms with Crippen LogP contribution in [0.2, 0.25) is 5.02 Å². The Balaban J connectivity index is 1.71. The van der Waals surface area contributed by atoms with E-state index in [1.807, 2.05) is 55.5 Å². The highest BCUT2D eigenvalue weighted by Crippen LogP contribution is 2.24. The van der Waals surface area contributed by atoms with Crippen LogP contribution in [0.15, 0.2) is 61.1 Å². The van der Waals surface area contributed by atoms with Gasteiger partial charge in [0.05, 0.1) is 17.3 Å². The number of halogens is 1. The van der Waals surface area contributed by atoms with E-state index < -0.39 is 0 Å². The molecule has 2 aromatic carbocycles. The summed E-state index contributed by atoms with van der Waals surface area (Å²) in [6.07, 6.45) is 3.43. The highest BCUT2D eigenvalue weighted by Gasteiger charge is 2.15. The Morgan fingerprint density at radius 2 is 1.77 bits per heavy atom. The van der Waals surface area contributed by atoms with Gasteiger partial charge in [0, 0.05) is 10.6 Å². The van der Waals surface area contributed by atoms with Crippen molar-refractivity contribution in [3.05, 3.63) is 71.6 Å². The van der Waals surface area contributed by atoms with Gasteiger partial charge in [-0.1, -0.05) is 35.9 Å². The molecule has 5 aromatic rings. The van der Waals surface area contributed by atoms with Gasteiger partial charge in [-0.05, 0) is 36.8 Å². The molecule has 0 N–H and O–H groups in total. The lowest BCUT2D eigenvalue weighted by Gasteiger charge is -2.02. The molecule has 0 saturated heterocycles. The number of nitrogens with zero attached hydrogens (tertiary/aromatic N) is 6.